The Labute approximate surface area is 101 Å². The van der Waals surface area contributed by atoms with E-state index in [9.17, 15) is 4.79 Å². The minimum Gasteiger partial charge on any atom is -0.327 e. The molecule has 0 radical (unpaired) electrons. The van der Waals surface area contributed by atoms with Crippen LogP contribution < -0.4 is 0 Å². The van der Waals surface area contributed by atoms with Crippen LogP contribution in [-0.2, 0) is 13.0 Å². The molecule has 0 unspecified atom stereocenters. The number of rotatable bonds is 4. The van der Waals surface area contributed by atoms with Crippen LogP contribution >= 0.6 is 0 Å². The highest BCUT2D eigenvalue weighted by atomic mass is 16.1. The maximum Gasteiger partial charge on any atom is 0.182 e. The Bertz CT molecular complexity index is 511. The molecule has 1 aromatic carbocycles. The van der Waals surface area contributed by atoms with Gasteiger partial charge in [0.25, 0.3) is 0 Å². The molecule has 17 heavy (non-hydrogen) atoms. The lowest BCUT2D eigenvalue weighted by atomic mass is 10.1. The van der Waals surface area contributed by atoms with Crippen molar-refractivity contribution in [1.82, 2.24) is 9.55 Å². The molecule has 2 aromatic rings. The fourth-order valence-electron chi connectivity index (χ4n) is 1.74. The van der Waals surface area contributed by atoms with Gasteiger partial charge >= 0.3 is 0 Å². The minimum absolute atomic E-state index is 0.119. The number of hydrogen-bond acceptors (Lipinski definition) is 2. The van der Waals surface area contributed by atoms with Crippen molar-refractivity contribution in [3.05, 3.63) is 53.6 Å². The van der Waals surface area contributed by atoms with Gasteiger partial charge in [-0.3, -0.25) is 4.79 Å². The number of carbonyl (C=O) groups is 1. The lowest BCUT2D eigenvalue weighted by Gasteiger charge is -2.05. The van der Waals surface area contributed by atoms with Crippen LogP contribution in [0.15, 0.2) is 36.7 Å². The molecule has 0 saturated heterocycles. The topological polar surface area (TPSA) is 34.9 Å². The fourth-order valence-corrected chi connectivity index (χ4v) is 1.74. The van der Waals surface area contributed by atoms with Gasteiger partial charge in [-0.25, -0.2) is 4.98 Å². The monoisotopic (exact) mass is 228 g/mol. The molecular weight excluding hydrogens is 212 g/mol. The highest BCUT2D eigenvalue weighted by Gasteiger charge is 2.07. The number of aryl methyl sites for hydroxylation is 2. The zero-order valence-electron chi connectivity index (χ0n) is 10.2. The number of hydrogen-bond donors (Lipinski definition) is 0. The Morgan fingerprint density at radius 2 is 2.00 bits per heavy atom. The second-order valence-electron chi connectivity index (χ2n) is 4.08. The maximum atomic E-state index is 12.0. The number of Topliss-reactive ketones (excluding diaryl/α,β-unsaturated/α-hetero) is 1. The Morgan fingerprint density at radius 3 is 2.53 bits per heavy atom. The second kappa shape index (κ2) is 4.95. The molecule has 0 aliphatic rings. The van der Waals surface area contributed by atoms with Gasteiger partial charge in [0.2, 0.25) is 0 Å². The number of aromatic nitrogens is 2. The van der Waals surface area contributed by atoms with Crippen LogP contribution in [0.25, 0.3) is 0 Å². The Balaban J connectivity index is 2.12. The van der Waals surface area contributed by atoms with Crippen LogP contribution in [0.1, 0.15) is 28.7 Å². The molecule has 1 heterocycles. The maximum absolute atomic E-state index is 12.0. The van der Waals surface area contributed by atoms with E-state index in [1.54, 1.807) is 6.20 Å². The highest BCUT2D eigenvalue weighted by molar-refractivity contribution is 5.95. The molecule has 0 aliphatic carbocycles. The van der Waals surface area contributed by atoms with Crippen LogP contribution in [0.5, 0.6) is 0 Å². The van der Waals surface area contributed by atoms with Crippen molar-refractivity contribution in [1.29, 1.82) is 0 Å². The van der Waals surface area contributed by atoms with Gasteiger partial charge in [0.15, 0.2) is 5.78 Å². The van der Waals surface area contributed by atoms with E-state index in [1.165, 1.54) is 5.56 Å². The minimum atomic E-state index is 0.119. The van der Waals surface area contributed by atoms with Gasteiger partial charge in [0.1, 0.15) is 5.82 Å². The van der Waals surface area contributed by atoms with Gasteiger partial charge < -0.3 is 4.57 Å². The lowest BCUT2D eigenvalue weighted by molar-refractivity contribution is 0.0971. The van der Waals surface area contributed by atoms with E-state index < -0.39 is 0 Å². The number of nitrogens with zero attached hydrogens (tertiary/aromatic N) is 2. The molecule has 0 amide bonds. The predicted molar refractivity (Wildman–Crippen MR) is 67.1 cm³/mol. The van der Waals surface area contributed by atoms with Crippen molar-refractivity contribution < 1.29 is 4.79 Å². The van der Waals surface area contributed by atoms with Crippen molar-refractivity contribution in [3.8, 4) is 0 Å². The Hall–Kier alpha value is -1.90. The van der Waals surface area contributed by atoms with Crippen LogP contribution in [0.4, 0.5) is 0 Å². The molecule has 2 rings (SSSR count). The van der Waals surface area contributed by atoms with Crippen molar-refractivity contribution in [2.45, 2.75) is 26.8 Å². The first-order valence-corrected chi connectivity index (χ1v) is 5.80. The fraction of sp³-hybridized carbons (Fsp3) is 0.286. The predicted octanol–water partition coefficient (Wildman–Crippen LogP) is 2.64. The van der Waals surface area contributed by atoms with E-state index in [2.05, 4.69) is 11.9 Å². The van der Waals surface area contributed by atoms with E-state index in [0.29, 0.717) is 6.54 Å². The van der Waals surface area contributed by atoms with Gasteiger partial charge in [0, 0.05) is 18.0 Å². The largest absolute Gasteiger partial charge is 0.327 e. The Morgan fingerprint density at radius 1 is 1.29 bits per heavy atom. The average Bonchev–Trinajstić information content (AvgIpc) is 2.75. The third kappa shape index (κ3) is 2.61. The summed E-state index contributed by atoms with van der Waals surface area (Å²) in [5.74, 6) is 0.984. The Kier molecular flexibility index (Phi) is 3.38. The van der Waals surface area contributed by atoms with Crippen molar-refractivity contribution in [2.24, 2.45) is 0 Å². The average molecular weight is 228 g/mol. The van der Waals surface area contributed by atoms with E-state index in [4.69, 9.17) is 0 Å². The SMILES string of the molecule is CCc1ccc(C(=O)Cn2ccnc2C)cc1. The molecule has 1 aromatic heterocycles. The first-order valence-electron chi connectivity index (χ1n) is 5.80. The lowest BCUT2D eigenvalue weighted by Crippen LogP contribution is -2.11. The van der Waals surface area contributed by atoms with Crippen LogP contribution in [0.3, 0.4) is 0 Å². The molecule has 3 nitrogen and oxygen atoms in total. The summed E-state index contributed by atoms with van der Waals surface area (Å²) in [4.78, 5) is 16.1. The first kappa shape index (κ1) is 11.6. The second-order valence-corrected chi connectivity index (χ2v) is 4.08. The molecule has 0 fully saturated rings. The number of ketones is 1. The van der Waals surface area contributed by atoms with E-state index in [1.807, 2.05) is 42.0 Å². The zero-order valence-corrected chi connectivity index (χ0v) is 10.2. The van der Waals surface area contributed by atoms with Crippen LogP contribution in [0, 0.1) is 6.92 Å². The summed E-state index contributed by atoms with van der Waals surface area (Å²) >= 11 is 0. The standard InChI is InChI=1S/C14H16N2O/c1-3-12-4-6-13(7-5-12)14(17)10-16-9-8-15-11(16)2/h4-9H,3,10H2,1-2H3. The van der Waals surface area contributed by atoms with Gasteiger partial charge in [0.05, 0.1) is 6.54 Å². The molecule has 0 saturated carbocycles. The quantitative estimate of drug-likeness (QED) is 0.754. The molecule has 0 bridgehead atoms. The summed E-state index contributed by atoms with van der Waals surface area (Å²) in [5.41, 5.74) is 2.01. The third-order valence-electron chi connectivity index (χ3n) is 2.92. The van der Waals surface area contributed by atoms with Gasteiger partial charge in [-0.1, -0.05) is 31.2 Å². The summed E-state index contributed by atoms with van der Waals surface area (Å²) in [7, 11) is 0. The number of carbonyl (C=O) groups excluding carboxylic acids is 1. The van der Waals surface area contributed by atoms with Crippen LogP contribution in [0.2, 0.25) is 0 Å². The summed E-state index contributed by atoms with van der Waals surface area (Å²) < 4.78 is 1.86. The zero-order chi connectivity index (χ0) is 12.3. The molecule has 3 heteroatoms. The summed E-state index contributed by atoms with van der Waals surface area (Å²) in [6, 6.07) is 7.81. The molecule has 0 spiro atoms. The van der Waals surface area contributed by atoms with Gasteiger partial charge in [-0.05, 0) is 18.9 Å². The number of imidazole rings is 1. The summed E-state index contributed by atoms with van der Waals surface area (Å²) in [6.45, 7) is 4.36. The normalized spacial score (nSPS) is 10.5. The molecular formula is C14H16N2O. The summed E-state index contributed by atoms with van der Waals surface area (Å²) in [5, 5.41) is 0. The van der Waals surface area contributed by atoms with Crippen molar-refractivity contribution >= 4 is 5.78 Å². The van der Waals surface area contributed by atoms with Gasteiger partial charge in [-0.2, -0.15) is 0 Å². The smallest absolute Gasteiger partial charge is 0.182 e. The molecule has 0 aliphatic heterocycles. The molecule has 0 atom stereocenters. The van der Waals surface area contributed by atoms with E-state index in [0.717, 1.165) is 17.8 Å². The van der Waals surface area contributed by atoms with E-state index in [-0.39, 0.29) is 5.78 Å². The molecule has 88 valence electrons. The van der Waals surface area contributed by atoms with Crippen molar-refractivity contribution in [2.75, 3.05) is 0 Å². The van der Waals surface area contributed by atoms with Crippen LogP contribution in [-0.4, -0.2) is 15.3 Å². The van der Waals surface area contributed by atoms with E-state index >= 15 is 0 Å². The molecule has 0 N–H and O–H groups in total. The highest BCUT2D eigenvalue weighted by Crippen LogP contribution is 2.07. The van der Waals surface area contributed by atoms with Gasteiger partial charge in [-0.15, -0.1) is 0 Å². The van der Waals surface area contributed by atoms with Crippen molar-refractivity contribution in [3.63, 3.8) is 0 Å². The summed E-state index contributed by atoms with van der Waals surface area (Å²) in [6.07, 6.45) is 4.53. The third-order valence-corrected chi connectivity index (χ3v) is 2.92. The first-order chi connectivity index (χ1) is 8.20. The number of benzene rings is 1.